The Labute approximate surface area is 124 Å². The van der Waals surface area contributed by atoms with Crippen LogP contribution in [-0.4, -0.2) is 55.3 Å². The van der Waals surface area contributed by atoms with Crippen molar-refractivity contribution in [2.75, 3.05) is 27.7 Å². The summed E-state index contributed by atoms with van der Waals surface area (Å²) in [5, 5.41) is 0.932. The molecule has 1 aromatic heterocycles. The number of rotatable bonds is 5. The summed E-state index contributed by atoms with van der Waals surface area (Å²) >= 11 is 0. The lowest BCUT2D eigenvalue weighted by Crippen LogP contribution is -3.14. The Kier molecular flexibility index (Phi) is 4.43. The van der Waals surface area contributed by atoms with Gasteiger partial charge in [0.15, 0.2) is 6.54 Å². The second-order valence-electron chi connectivity index (χ2n) is 5.65. The molecule has 1 unspecified atom stereocenters. The molecule has 112 valence electrons. The number of carbonyl (C=O) groups excluding carboxylic acids is 2. The average molecular weight is 288 g/mol. The number of nitrogens with zero attached hydrogens (tertiary/aromatic N) is 1. The zero-order chi connectivity index (χ0) is 15.6. The molecule has 0 aliphatic heterocycles. The van der Waals surface area contributed by atoms with Crippen LogP contribution in [-0.2, 0) is 4.79 Å². The van der Waals surface area contributed by atoms with Gasteiger partial charge in [-0.05, 0) is 13.0 Å². The highest BCUT2D eigenvalue weighted by Gasteiger charge is 2.27. The van der Waals surface area contributed by atoms with Gasteiger partial charge in [0, 0.05) is 36.8 Å². The number of aromatic amines is 1. The maximum Gasteiger partial charge on any atom is 0.277 e. The van der Waals surface area contributed by atoms with Crippen molar-refractivity contribution in [1.82, 2.24) is 9.88 Å². The van der Waals surface area contributed by atoms with E-state index in [4.69, 9.17) is 0 Å². The number of carbonyl (C=O) groups is 2. The lowest BCUT2D eigenvalue weighted by molar-refractivity contribution is -0.885. The fraction of sp³-hybridized carbons (Fsp3) is 0.375. The van der Waals surface area contributed by atoms with E-state index in [0.717, 1.165) is 15.8 Å². The van der Waals surface area contributed by atoms with Crippen molar-refractivity contribution in [2.24, 2.45) is 0 Å². The highest BCUT2D eigenvalue weighted by molar-refractivity contribution is 6.09. The second kappa shape index (κ2) is 6.10. The third-order valence-electron chi connectivity index (χ3n) is 3.92. The Balaban J connectivity index is 2.17. The van der Waals surface area contributed by atoms with Gasteiger partial charge in [0.2, 0.25) is 5.78 Å². The van der Waals surface area contributed by atoms with Crippen LogP contribution < -0.4 is 4.90 Å². The Morgan fingerprint density at radius 2 is 1.95 bits per heavy atom. The number of ketones is 1. The van der Waals surface area contributed by atoms with Crippen molar-refractivity contribution >= 4 is 22.6 Å². The van der Waals surface area contributed by atoms with Crippen LogP contribution in [0.2, 0.25) is 0 Å². The minimum Gasteiger partial charge on any atom is -0.360 e. The molecule has 1 amide bonds. The molecule has 0 bridgehead atoms. The molecule has 2 N–H and O–H groups in total. The normalized spacial score (nSPS) is 13.9. The number of hydrogen-bond donors (Lipinski definition) is 2. The highest BCUT2D eigenvalue weighted by atomic mass is 16.2. The summed E-state index contributed by atoms with van der Waals surface area (Å²) in [5.74, 6) is 0.0718. The van der Waals surface area contributed by atoms with E-state index in [1.165, 1.54) is 0 Å². The minimum atomic E-state index is -0.270. The van der Waals surface area contributed by atoms with Gasteiger partial charge in [-0.1, -0.05) is 18.2 Å². The maximum atomic E-state index is 12.6. The zero-order valence-corrected chi connectivity index (χ0v) is 12.9. The molecule has 0 aliphatic carbocycles. The van der Waals surface area contributed by atoms with Crippen molar-refractivity contribution in [1.29, 1.82) is 0 Å². The van der Waals surface area contributed by atoms with Crippen LogP contribution in [0.4, 0.5) is 0 Å². The van der Waals surface area contributed by atoms with E-state index < -0.39 is 0 Å². The lowest BCUT2D eigenvalue weighted by atomic mass is 10.0. The molecule has 0 radical (unpaired) electrons. The van der Waals surface area contributed by atoms with E-state index in [9.17, 15) is 9.59 Å². The summed E-state index contributed by atoms with van der Waals surface area (Å²) in [6, 6.07) is 7.47. The van der Waals surface area contributed by atoms with Crippen LogP contribution >= 0.6 is 0 Å². The van der Waals surface area contributed by atoms with Gasteiger partial charge < -0.3 is 14.8 Å². The largest absolute Gasteiger partial charge is 0.360 e. The molecular weight excluding hydrogens is 266 g/mol. The number of amides is 1. The molecule has 0 aliphatic rings. The second-order valence-corrected chi connectivity index (χ2v) is 5.65. The van der Waals surface area contributed by atoms with Crippen molar-refractivity contribution < 1.29 is 14.5 Å². The van der Waals surface area contributed by atoms with E-state index in [2.05, 4.69) is 4.98 Å². The van der Waals surface area contributed by atoms with Gasteiger partial charge >= 0.3 is 0 Å². The topological polar surface area (TPSA) is 57.6 Å². The van der Waals surface area contributed by atoms with E-state index >= 15 is 0 Å². The highest BCUT2D eigenvalue weighted by Crippen LogP contribution is 2.18. The van der Waals surface area contributed by atoms with Gasteiger partial charge in [0.1, 0.15) is 6.04 Å². The van der Waals surface area contributed by atoms with Crippen LogP contribution in [0.15, 0.2) is 30.5 Å². The van der Waals surface area contributed by atoms with Gasteiger partial charge in [0.25, 0.3) is 5.91 Å². The van der Waals surface area contributed by atoms with Crippen LogP contribution in [0, 0.1) is 0 Å². The molecule has 5 heteroatoms. The number of fused-ring (bicyclic) bond motifs is 1. The summed E-state index contributed by atoms with van der Waals surface area (Å²) in [7, 11) is 5.32. The molecule has 1 heterocycles. The summed E-state index contributed by atoms with van der Waals surface area (Å²) < 4.78 is 0. The van der Waals surface area contributed by atoms with Crippen LogP contribution in [0.5, 0.6) is 0 Å². The average Bonchev–Trinajstić information content (AvgIpc) is 2.89. The Morgan fingerprint density at radius 1 is 1.29 bits per heavy atom. The molecule has 1 aromatic carbocycles. The van der Waals surface area contributed by atoms with Crippen LogP contribution in [0.3, 0.4) is 0 Å². The number of nitrogens with one attached hydrogen (secondary N) is 2. The first-order valence-electron chi connectivity index (χ1n) is 7.04. The number of likely N-dealkylation sites (N-methyl/N-ethyl adjacent to an activating group) is 2. The van der Waals surface area contributed by atoms with Crippen molar-refractivity contribution in [2.45, 2.75) is 13.0 Å². The van der Waals surface area contributed by atoms with E-state index in [1.54, 1.807) is 25.2 Å². The van der Waals surface area contributed by atoms with Gasteiger partial charge in [-0.15, -0.1) is 0 Å². The molecule has 0 saturated heterocycles. The quantitative estimate of drug-likeness (QED) is 0.780. The molecule has 5 nitrogen and oxygen atoms in total. The summed E-state index contributed by atoms with van der Waals surface area (Å²) in [6.45, 7) is 2.17. The summed E-state index contributed by atoms with van der Waals surface area (Å²) in [6.07, 6.45) is 1.75. The van der Waals surface area contributed by atoms with Gasteiger partial charge in [-0.2, -0.15) is 0 Å². The zero-order valence-electron chi connectivity index (χ0n) is 12.9. The number of H-pyrrole nitrogens is 1. The molecule has 2 aromatic rings. The maximum absolute atomic E-state index is 12.6. The predicted molar refractivity (Wildman–Crippen MR) is 82.5 cm³/mol. The number of Topliss-reactive ketones (excluding diaryl/α,β-unsaturated/α-hetero) is 1. The fourth-order valence-corrected chi connectivity index (χ4v) is 2.28. The smallest absolute Gasteiger partial charge is 0.277 e. The standard InChI is InChI=1S/C16H21N3O2/c1-11(19(4)10-15(20)18(2)3)16(21)13-9-17-14-8-6-5-7-12(13)14/h5-9,11,17H,10H2,1-4H3/p+1/t11-/m1/s1. The van der Waals surface area contributed by atoms with Crippen molar-refractivity contribution in [3.05, 3.63) is 36.0 Å². The molecular formula is C16H22N3O2+. The number of para-hydroxylation sites is 1. The first kappa shape index (κ1) is 15.3. The third kappa shape index (κ3) is 3.13. The summed E-state index contributed by atoms with van der Waals surface area (Å²) in [4.78, 5) is 30.0. The molecule has 0 spiro atoms. The van der Waals surface area contributed by atoms with E-state index in [-0.39, 0.29) is 17.7 Å². The number of hydrogen-bond acceptors (Lipinski definition) is 2. The number of aromatic nitrogens is 1. The Hall–Kier alpha value is -2.14. The first-order valence-corrected chi connectivity index (χ1v) is 7.04. The Bertz CT molecular complexity index is 660. The van der Waals surface area contributed by atoms with Crippen molar-refractivity contribution in [3.8, 4) is 0 Å². The monoisotopic (exact) mass is 288 g/mol. The van der Waals surface area contributed by atoms with Crippen molar-refractivity contribution in [3.63, 3.8) is 0 Å². The minimum absolute atomic E-state index is 0.0195. The van der Waals surface area contributed by atoms with Gasteiger partial charge in [0.05, 0.1) is 7.05 Å². The van der Waals surface area contributed by atoms with Gasteiger partial charge in [-0.3, -0.25) is 9.59 Å². The third-order valence-corrected chi connectivity index (χ3v) is 3.92. The van der Waals surface area contributed by atoms with Crippen LogP contribution in [0.1, 0.15) is 17.3 Å². The van der Waals surface area contributed by atoms with Gasteiger partial charge in [-0.25, -0.2) is 0 Å². The van der Waals surface area contributed by atoms with E-state index in [1.807, 2.05) is 38.2 Å². The summed E-state index contributed by atoms with van der Waals surface area (Å²) in [5.41, 5.74) is 1.64. The Morgan fingerprint density at radius 3 is 2.62 bits per heavy atom. The van der Waals surface area contributed by atoms with E-state index in [0.29, 0.717) is 12.1 Å². The van der Waals surface area contributed by atoms with Crippen LogP contribution in [0.25, 0.3) is 10.9 Å². The fourth-order valence-electron chi connectivity index (χ4n) is 2.28. The SMILES string of the molecule is C[C@H](C(=O)c1c[nH]c2ccccc12)[NH+](C)CC(=O)N(C)C. The molecule has 2 rings (SSSR count). The lowest BCUT2D eigenvalue weighted by Gasteiger charge is -2.21. The molecule has 0 saturated carbocycles. The predicted octanol–water partition coefficient (Wildman–Crippen LogP) is 0.342. The molecule has 21 heavy (non-hydrogen) atoms. The number of benzene rings is 1. The first-order chi connectivity index (χ1) is 9.91. The molecule has 2 atom stereocenters. The number of quaternary nitrogens is 1. The molecule has 0 fully saturated rings.